The third-order valence-electron chi connectivity index (χ3n) is 4.82. The minimum atomic E-state index is -0.722. The summed E-state index contributed by atoms with van der Waals surface area (Å²) >= 11 is 0. The molecule has 156 valence electrons. The Labute approximate surface area is 169 Å². The molecule has 0 saturated heterocycles. The molecule has 0 spiro atoms. The number of nitrogens with one attached hydrogen (secondary N) is 1. The van der Waals surface area contributed by atoms with E-state index < -0.39 is 17.6 Å². The van der Waals surface area contributed by atoms with Gasteiger partial charge in [0.1, 0.15) is 6.10 Å². The molecule has 0 radical (unpaired) electrons. The third kappa shape index (κ3) is 4.65. The summed E-state index contributed by atoms with van der Waals surface area (Å²) in [6.07, 6.45) is -1.00. The second-order valence-corrected chi connectivity index (χ2v) is 7.37. The number of aliphatic hydroxyl groups is 1. The molecule has 1 amide bonds. The van der Waals surface area contributed by atoms with Gasteiger partial charge in [-0.15, -0.1) is 0 Å². The van der Waals surface area contributed by atoms with Crippen molar-refractivity contribution in [1.82, 2.24) is 0 Å². The predicted molar refractivity (Wildman–Crippen MR) is 106 cm³/mol. The van der Waals surface area contributed by atoms with E-state index in [1.807, 2.05) is 13.8 Å². The van der Waals surface area contributed by atoms with Crippen LogP contribution in [0.2, 0.25) is 0 Å². The molecule has 1 heterocycles. The molecule has 2 aromatic rings. The van der Waals surface area contributed by atoms with Crippen molar-refractivity contribution in [1.29, 1.82) is 0 Å². The summed E-state index contributed by atoms with van der Waals surface area (Å²) in [6, 6.07) is 9.85. The molecular formula is C21H25NO7. The SMILES string of the molecule is COc1ccc([C@H](OC(=O)Nc2ccc3c(c2)OCO3)C(C)(C)CCO)cc1O. The fourth-order valence-corrected chi connectivity index (χ4v) is 3.20. The number of carbonyl (C=O) groups excluding carboxylic acids is 1. The summed E-state index contributed by atoms with van der Waals surface area (Å²) in [5.74, 6) is 1.41. The van der Waals surface area contributed by atoms with Gasteiger partial charge < -0.3 is 29.2 Å². The number of methoxy groups -OCH3 is 1. The number of amides is 1. The van der Waals surface area contributed by atoms with Crippen molar-refractivity contribution < 1.29 is 34.0 Å². The molecule has 0 saturated carbocycles. The highest BCUT2D eigenvalue weighted by Crippen LogP contribution is 2.42. The summed E-state index contributed by atoms with van der Waals surface area (Å²) in [4.78, 5) is 12.6. The van der Waals surface area contributed by atoms with E-state index in [-0.39, 0.29) is 19.1 Å². The monoisotopic (exact) mass is 403 g/mol. The van der Waals surface area contributed by atoms with E-state index in [1.165, 1.54) is 13.2 Å². The lowest BCUT2D eigenvalue weighted by atomic mass is 9.80. The number of anilines is 1. The Kier molecular flexibility index (Phi) is 6.03. The van der Waals surface area contributed by atoms with Crippen LogP contribution in [0.1, 0.15) is 31.9 Å². The van der Waals surface area contributed by atoms with Gasteiger partial charge >= 0.3 is 6.09 Å². The molecule has 1 atom stereocenters. The van der Waals surface area contributed by atoms with Crippen molar-refractivity contribution in [3.63, 3.8) is 0 Å². The van der Waals surface area contributed by atoms with Crippen LogP contribution >= 0.6 is 0 Å². The number of rotatable bonds is 7. The average Bonchev–Trinajstić information content (AvgIpc) is 3.13. The Morgan fingerprint density at radius 3 is 2.66 bits per heavy atom. The summed E-state index contributed by atoms with van der Waals surface area (Å²) in [5.41, 5.74) is 0.486. The van der Waals surface area contributed by atoms with E-state index in [9.17, 15) is 15.0 Å². The number of phenolic OH excluding ortho intramolecular Hbond substituents is 1. The lowest BCUT2D eigenvalue weighted by Gasteiger charge is -2.34. The van der Waals surface area contributed by atoms with Crippen LogP contribution < -0.4 is 19.5 Å². The first-order valence-corrected chi connectivity index (χ1v) is 9.19. The summed E-state index contributed by atoms with van der Waals surface area (Å²) in [6.45, 7) is 3.83. The quantitative estimate of drug-likeness (QED) is 0.645. The highest BCUT2D eigenvalue weighted by Gasteiger charge is 2.34. The highest BCUT2D eigenvalue weighted by molar-refractivity contribution is 5.85. The van der Waals surface area contributed by atoms with Crippen molar-refractivity contribution in [2.45, 2.75) is 26.4 Å². The fraction of sp³-hybridized carbons (Fsp3) is 0.381. The highest BCUT2D eigenvalue weighted by atomic mass is 16.7. The molecule has 0 unspecified atom stereocenters. The van der Waals surface area contributed by atoms with Gasteiger partial charge in [0.15, 0.2) is 23.0 Å². The molecule has 29 heavy (non-hydrogen) atoms. The van der Waals surface area contributed by atoms with Gasteiger partial charge in [0.25, 0.3) is 0 Å². The van der Waals surface area contributed by atoms with Crippen LogP contribution in [0.3, 0.4) is 0 Å². The molecule has 0 bridgehead atoms. The lowest BCUT2D eigenvalue weighted by Crippen LogP contribution is -2.29. The zero-order chi connectivity index (χ0) is 21.0. The van der Waals surface area contributed by atoms with Crippen LogP contribution in [0.4, 0.5) is 10.5 Å². The zero-order valence-corrected chi connectivity index (χ0v) is 16.6. The molecule has 3 rings (SSSR count). The van der Waals surface area contributed by atoms with Crippen molar-refractivity contribution >= 4 is 11.8 Å². The maximum absolute atomic E-state index is 12.6. The number of hydrogen-bond acceptors (Lipinski definition) is 7. The van der Waals surface area contributed by atoms with Crippen molar-refractivity contribution in [2.24, 2.45) is 5.41 Å². The maximum Gasteiger partial charge on any atom is 0.412 e. The number of carbonyl (C=O) groups is 1. The van der Waals surface area contributed by atoms with Gasteiger partial charge in [-0.2, -0.15) is 0 Å². The van der Waals surface area contributed by atoms with Crippen LogP contribution in [0, 0.1) is 5.41 Å². The smallest absolute Gasteiger partial charge is 0.412 e. The molecule has 1 aliphatic rings. The Morgan fingerprint density at radius 1 is 1.21 bits per heavy atom. The van der Waals surface area contributed by atoms with E-state index in [0.29, 0.717) is 34.9 Å². The molecular weight excluding hydrogens is 378 g/mol. The first-order chi connectivity index (χ1) is 13.8. The Hall–Kier alpha value is -3.13. The number of hydrogen-bond donors (Lipinski definition) is 3. The maximum atomic E-state index is 12.6. The van der Waals surface area contributed by atoms with Crippen LogP contribution in [0.15, 0.2) is 36.4 Å². The van der Waals surface area contributed by atoms with Crippen molar-refractivity contribution in [2.75, 3.05) is 25.8 Å². The number of aliphatic hydroxyl groups excluding tert-OH is 1. The molecule has 0 aromatic heterocycles. The Balaban J connectivity index is 1.81. The minimum absolute atomic E-state index is 0.0606. The molecule has 0 fully saturated rings. The predicted octanol–water partition coefficient (Wildman–Crippen LogP) is 3.83. The van der Waals surface area contributed by atoms with Gasteiger partial charge in [-0.3, -0.25) is 5.32 Å². The number of fused-ring (bicyclic) bond motifs is 1. The van der Waals surface area contributed by atoms with Crippen LogP contribution in [0.25, 0.3) is 0 Å². The normalized spacial score (nSPS) is 13.7. The van der Waals surface area contributed by atoms with Crippen molar-refractivity contribution in [3.8, 4) is 23.0 Å². The van der Waals surface area contributed by atoms with Gasteiger partial charge in [-0.05, 0) is 36.2 Å². The second-order valence-electron chi connectivity index (χ2n) is 7.37. The lowest BCUT2D eigenvalue weighted by molar-refractivity contribution is 0.0151. The molecule has 1 aliphatic heterocycles. The second kappa shape index (κ2) is 8.48. The average molecular weight is 403 g/mol. The minimum Gasteiger partial charge on any atom is -0.504 e. The van der Waals surface area contributed by atoms with E-state index in [4.69, 9.17) is 18.9 Å². The van der Waals surface area contributed by atoms with E-state index in [1.54, 1.807) is 30.3 Å². The first kappa shape index (κ1) is 20.6. The third-order valence-corrected chi connectivity index (χ3v) is 4.82. The van der Waals surface area contributed by atoms with Crippen LogP contribution in [-0.2, 0) is 4.74 Å². The topological polar surface area (TPSA) is 106 Å². The van der Waals surface area contributed by atoms with E-state index in [0.717, 1.165) is 0 Å². The van der Waals surface area contributed by atoms with E-state index >= 15 is 0 Å². The molecule has 8 nitrogen and oxygen atoms in total. The Morgan fingerprint density at radius 2 is 1.97 bits per heavy atom. The van der Waals surface area contributed by atoms with E-state index in [2.05, 4.69) is 5.32 Å². The Bertz CT molecular complexity index is 881. The van der Waals surface area contributed by atoms with Gasteiger partial charge in [-0.1, -0.05) is 19.9 Å². The molecule has 0 aliphatic carbocycles. The van der Waals surface area contributed by atoms with Gasteiger partial charge in [-0.25, -0.2) is 4.79 Å². The molecule has 2 aromatic carbocycles. The standard InChI is InChI=1S/C21H25NO7/c1-21(2,8-9-23)19(13-4-6-16(26-3)15(24)10-13)29-20(25)22-14-5-7-17-18(11-14)28-12-27-17/h4-7,10-11,19,23-24H,8-9,12H2,1-3H3,(H,22,25)/t19-/m0/s1. The largest absolute Gasteiger partial charge is 0.504 e. The summed E-state index contributed by atoms with van der Waals surface area (Å²) in [5, 5.41) is 22.3. The number of ether oxygens (including phenoxy) is 4. The van der Waals surface area contributed by atoms with Crippen LogP contribution in [0.5, 0.6) is 23.0 Å². The van der Waals surface area contributed by atoms with Crippen LogP contribution in [-0.4, -0.2) is 36.8 Å². The summed E-state index contributed by atoms with van der Waals surface area (Å²) < 4.78 is 21.4. The first-order valence-electron chi connectivity index (χ1n) is 9.19. The zero-order valence-electron chi connectivity index (χ0n) is 16.6. The van der Waals surface area contributed by atoms with Crippen molar-refractivity contribution in [3.05, 3.63) is 42.0 Å². The summed E-state index contributed by atoms with van der Waals surface area (Å²) in [7, 11) is 1.46. The number of aromatic hydroxyl groups is 1. The fourth-order valence-electron chi connectivity index (χ4n) is 3.20. The molecule has 3 N–H and O–H groups in total. The van der Waals surface area contributed by atoms with Gasteiger partial charge in [0.2, 0.25) is 6.79 Å². The molecule has 8 heteroatoms. The number of phenols is 1. The number of benzene rings is 2. The van der Waals surface area contributed by atoms with Gasteiger partial charge in [0, 0.05) is 23.8 Å². The van der Waals surface area contributed by atoms with Gasteiger partial charge in [0.05, 0.1) is 7.11 Å².